The third-order valence-electron chi connectivity index (χ3n) is 4.71. The molecule has 1 spiro atoms. The van der Waals surface area contributed by atoms with Crippen LogP contribution in [0.25, 0.3) is 0 Å². The van der Waals surface area contributed by atoms with Gasteiger partial charge in [-0.05, 0) is 13.3 Å². The smallest absolute Gasteiger partial charge is 0.306 e. The first-order valence-corrected chi connectivity index (χ1v) is 6.52. The van der Waals surface area contributed by atoms with E-state index in [2.05, 4.69) is 0 Å². The second-order valence-corrected chi connectivity index (χ2v) is 5.84. The van der Waals surface area contributed by atoms with Crippen LogP contribution in [-0.2, 0) is 23.8 Å². The summed E-state index contributed by atoms with van der Waals surface area (Å²) < 4.78 is 16.6. The van der Waals surface area contributed by atoms with Crippen molar-refractivity contribution in [1.82, 2.24) is 0 Å². The van der Waals surface area contributed by atoms with Crippen molar-refractivity contribution in [2.75, 3.05) is 13.7 Å². The molecule has 19 heavy (non-hydrogen) atoms. The fourth-order valence-electron chi connectivity index (χ4n) is 3.55. The van der Waals surface area contributed by atoms with Crippen LogP contribution in [0.4, 0.5) is 0 Å². The Morgan fingerprint density at radius 2 is 2.26 bits per heavy atom. The number of ether oxygens (including phenoxy) is 3. The summed E-state index contributed by atoms with van der Waals surface area (Å²) in [6.07, 6.45) is 0.164. The number of methoxy groups -OCH3 is 1. The molecule has 1 aliphatic carbocycles. The van der Waals surface area contributed by atoms with Crippen molar-refractivity contribution < 1.29 is 28.9 Å². The zero-order valence-electron chi connectivity index (χ0n) is 11.0. The Balaban J connectivity index is 1.84. The molecule has 2 heterocycles. The molecule has 0 bridgehead atoms. The number of rotatable bonds is 4. The lowest BCUT2D eigenvalue weighted by molar-refractivity contribution is -0.142. The Morgan fingerprint density at radius 1 is 1.58 bits per heavy atom. The zero-order chi connectivity index (χ0) is 13.8. The maximum atomic E-state index is 12.0. The lowest BCUT2D eigenvalue weighted by Crippen LogP contribution is -2.53. The molecule has 0 aromatic carbocycles. The number of carboxylic acids is 1. The van der Waals surface area contributed by atoms with Gasteiger partial charge in [0.2, 0.25) is 0 Å². The first kappa shape index (κ1) is 13.0. The first-order valence-electron chi connectivity index (χ1n) is 6.52. The maximum Gasteiger partial charge on any atom is 0.306 e. The van der Waals surface area contributed by atoms with Gasteiger partial charge in [0.1, 0.15) is 17.3 Å². The van der Waals surface area contributed by atoms with Crippen LogP contribution in [0.15, 0.2) is 0 Å². The fraction of sp³-hybridized carbons (Fsp3) is 0.846. The number of carbonyl (C=O) groups is 2. The van der Waals surface area contributed by atoms with Crippen LogP contribution in [0.5, 0.6) is 0 Å². The van der Waals surface area contributed by atoms with Crippen LogP contribution in [0, 0.1) is 5.92 Å². The Bertz CT molecular complexity index is 429. The molecule has 3 aliphatic rings. The monoisotopic (exact) mass is 270 g/mol. The van der Waals surface area contributed by atoms with Crippen molar-refractivity contribution in [3.63, 3.8) is 0 Å². The second-order valence-electron chi connectivity index (χ2n) is 5.84. The van der Waals surface area contributed by atoms with E-state index < -0.39 is 17.7 Å². The summed E-state index contributed by atoms with van der Waals surface area (Å²) in [5.74, 6) is -1.05. The Kier molecular flexibility index (Phi) is 2.75. The minimum atomic E-state index is -0.893. The van der Waals surface area contributed by atoms with Gasteiger partial charge in [0.05, 0.1) is 25.0 Å². The number of aliphatic carboxylic acids is 1. The molecule has 2 aliphatic heterocycles. The van der Waals surface area contributed by atoms with Crippen LogP contribution in [-0.4, -0.2) is 54.0 Å². The van der Waals surface area contributed by atoms with Crippen molar-refractivity contribution in [2.45, 2.75) is 49.6 Å². The molecule has 6 heteroatoms. The Morgan fingerprint density at radius 3 is 2.79 bits per heavy atom. The zero-order valence-corrected chi connectivity index (χ0v) is 11.0. The van der Waals surface area contributed by atoms with Crippen LogP contribution in [0.2, 0.25) is 0 Å². The average Bonchev–Trinajstić information content (AvgIpc) is 3.22. The molecule has 0 radical (unpaired) electrons. The molecule has 2 saturated heterocycles. The molecule has 1 N–H and O–H groups in total. The van der Waals surface area contributed by atoms with Gasteiger partial charge < -0.3 is 19.3 Å². The summed E-state index contributed by atoms with van der Waals surface area (Å²) in [6.45, 7) is 2.46. The molecule has 3 fully saturated rings. The predicted molar refractivity (Wildman–Crippen MR) is 62.7 cm³/mol. The third kappa shape index (κ3) is 1.89. The highest BCUT2D eigenvalue weighted by molar-refractivity contribution is 5.85. The molecule has 6 nitrogen and oxygen atoms in total. The van der Waals surface area contributed by atoms with Crippen LogP contribution in [0.3, 0.4) is 0 Å². The first-order chi connectivity index (χ1) is 8.93. The lowest BCUT2D eigenvalue weighted by atomic mass is 9.69. The van der Waals surface area contributed by atoms with Gasteiger partial charge in [-0.3, -0.25) is 9.59 Å². The van der Waals surface area contributed by atoms with Gasteiger partial charge in [0.25, 0.3) is 0 Å². The predicted octanol–water partition coefficient (Wildman–Crippen LogP) is 0.382. The van der Waals surface area contributed by atoms with Gasteiger partial charge in [0, 0.05) is 13.5 Å². The minimum absolute atomic E-state index is 0.0479. The summed E-state index contributed by atoms with van der Waals surface area (Å²) in [4.78, 5) is 22.8. The van der Waals surface area contributed by atoms with Crippen LogP contribution >= 0.6 is 0 Å². The van der Waals surface area contributed by atoms with E-state index in [0.29, 0.717) is 19.4 Å². The normalized spacial score (nSPS) is 48.3. The van der Waals surface area contributed by atoms with E-state index >= 15 is 0 Å². The van der Waals surface area contributed by atoms with Crippen LogP contribution in [0.1, 0.15) is 26.2 Å². The second kappa shape index (κ2) is 4.01. The number of carboxylic acid groups (broad SMARTS) is 1. The van der Waals surface area contributed by atoms with Gasteiger partial charge in [0.15, 0.2) is 5.78 Å². The van der Waals surface area contributed by atoms with E-state index in [1.54, 1.807) is 0 Å². The molecule has 0 aromatic rings. The Hall–Kier alpha value is -0.980. The highest BCUT2D eigenvalue weighted by atomic mass is 16.6. The summed E-state index contributed by atoms with van der Waals surface area (Å²) in [6, 6.07) is 0. The third-order valence-corrected chi connectivity index (χ3v) is 4.71. The molecule has 3 rings (SSSR count). The van der Waals surface area contributed by atoms with E-state index in [1.165, 1.54) is 7.11 Å². The standard InChI is InChI=1S/C13H18O6/c1-12(8(19-12)5-9(15)16)11-10(17-2)7(14)3-4-13(11)6-18-13/h8,10-11H,3-6H2,1-2H3,(H,15,16)/t8-,10-,11-,12-,13+/m1/s1. The fourth-order valence-corrected chi connectivity index (χ4v) is 3.55. The molecular formula is C13H18O6. The molecule has 0 unspecified atom stereocenters. The van der Waals surface area contributed by atoms with Gasteiger partial charge in [-0.1, -0.05) is 0 Å². The lowest BCUT2D eigenvalue weighted by Gasteiger charge is -2.37. The molecule has 1 saturated carbocycles. The minimum Gasteiger partial charge on any atom is -0.481 e. The van der Waals surface area contributed by atoms with Gasteiger partial charge in [-0.15, -0.1) is 0 Å². The van der Waals surface area contributed by atoms with Crippen molar-refractivity contribution in [2.24, 2.45) is 5.92 Å². The number of carbonyl (C=O) groups excluding carboxylic acids is 1. The van der Waals surface area contributed by atoms with E-state index in [1.807, 2.05) is 6.92 Å². The summed E-state index contributed by atoms with van der Waals surface area (Å²) in [5, 5.41) is 8.87. The van der Waals surface area contributed by atoms with E-state index in [0.717, 1.165) is 0 Å². The van der Waals surface area contributed by atoms with Gasteiger partial charge >= 0.3 is 5.97 Å². The topological polar surface area (TPSA) is 88.7 Å². The van der Waals surface area contributed by atoms with Crippen LogP contribution < -0.4 is 0 Å². The highest BCUT2D eigenvalue weighted by Crippen LogP contribution is 2.58. The number of Topliss-reactive ketones (excluding diaryl/α,β-unsaturated/α-hetero) is 1. The van der Waals surface area contributed by atoms with E-state index in [-0.39, 0.29) is 29.8 Å². The average molecular weight is 270 g/mol. The van der Waals surface area contributed by atoms with Crippen molar-refractivity contribution in [3.05, 3.63) is 0 Å². The molecular weight excluding hydrogens is 252 g/mol. The highest BCUT2D eigenvalue weighted by Gasteiger charge is 2.72. The van der Waals surface area contributed by atoms with E-state index in [9.17, 15) is 9.59 Å². The van der Waals surface area contributed by atoms with Gasteiger partial charge in [-0.2, -0.15) is 0 Å². The van der Waals surface area contributed by atoms with E-state index in [4.69, 9.17) is 19.3 Å². The molecule has 106 valence electrons. The quantitative estimate of drug-likeness (QED) is 0.743. The number of epoxide rings is 2. The molecule has 5 atom stereocenters. The Labute approximate surface area is 111 Å². The maximum absolute atomic E-state index is 12.0. The summed E-state index contributed by atoms with van der Waals surface area (Å²) >= 11 is 0. The molecule has 0 aromatic heterocycles. The SMILES string of the molecule is CO[C@@H]1C(=O)CC[C@]2(CO2)[C@H]1[C@]1(C)O[C@@H]1CC(=O)O. The number of hydrogen-bond acceptors (Lipinski definition) is 5. The largest absolute Gasteiger partial charge is 0.481 e. The number of hydrogen-bond donors (Lipinski definition) is 1. The van der Waals surface area contributed by atoms with Gasteiger partial charge in [-0.25, -0.2) is 0 Å². The summed E-state index contributed by atoms with van der Waals surface area (Å²) in [7, 11) is 1.51. The number of ketones is 1. The van der Waals surface area contributed by atoms with Crippen molar-refractivity contribution >= 4 is 11.8 Å². The van der Waals surface area contributed by atoms with Crippen molar-refractivity contribution in [3.8, 4) is 0 Å². The summed E-state index contributed by atoms with van der Waals surface area (Å²) in [5.41, 5.74) is -0.984. The molecule has 0 amide bonds. The van der Waals surface area contributed by atoms with Crippen molar-refractivity contribution in [1.29, 1.82) is 0 Å².